The van der Waals surface area contributed by atoms with Gasteiger partial charge in [-0.1, -0.05) is 32.9 Å². The van der Waals surface area contributed by atoms with E-state index in [9.17, 15) is 14.4 Å². The van der Waals surface area contributed by atoms with Gasteiger partial charge in [0, 0.05) is 25.7 Å². The Morgan fingerprint density at radius 3 is 2.56 bits per heavy atom. The van der Waals surface area contributed by atoms with Crippen molar-refractivity contribution >= 4 is 17.4 Å². The largest absolute Gasteiger partial charge is 0.357 e. The number of nitriles is 1. The van der Waals surface area contributed by atoms with Gasteiger partial charge in [-0.25, -0.2) is 9.37 Å². The van der Waals surface area contributed by atoms with Crippen molar-refractivity contribution in [3.63, 3.8) is 0 Å². The lowest BCUT2D eigenvalue weighted by Gasteiger charge is -2.39. The van der Waals surface area contributed by atoms with Crippen LogP contribution in [0.25, 0.3) is 5.65 Å². The first-order chi connectivity index (χ1) is 16.2. The summed E-state index contributed by atoms with van der Waals surface area (Å²) in [5, 5.41) is 12.3. The van der Waals surface area contributed by atoms with Crippen LogP contribution in [0.1, 0.15) is 60.8 Å². The second-order valence-corrected chi connectivity index (χ2v) is 9.97. The number of piperidine rings is 1. The molecule has 1 aliphatic heterocycles. The van der Waals surface area contributed by atoms with Gasteiger partial charge in [0.2, 0.25) is 0 Å². The van der Waals surface area contributed by atoms with Gasteiger partial charge in [-0.05, 0) is 66.5 Å². The summed E-state index contributed by atoms with van der Waals surface area (Å²) < 4.78 is 15.2. The Morgan fingerprint density at radius 2 is 1.94 bits per heavy atom. The van der Waals surface area contributed by atoms with Crippen LogP contribution in [0.4, 0.5) is 10.2 Å². The van der Waals surface area contributed by atoms with Crippen molar-refractivity contribution in [1.82, 2.24) is 14.7 Å². The van der Waals surface area contributed by atoms with E-state index in [1.165, 1.54) is 23.3 Å². The molecule has 34 heavy (non-hydrogen) atoms. The van der Waals surface area contributed by atoms with Crippen LogP contribution in [0, 0.1) is 29.5 Å². The van der Waals surface area contributed by atoms with E-state index in [0.29, 0.717) is 11.8 Å². The number of pyridine rings is 1. The van der Waals surface area contributed by atoms with Crippen molar-refractivity contribution in [2.24, 2.45) is 5.41 Å². The van der Waals surface area contributed by atoms with Crippen LogP contribution >= 0.6 is 0 Å². The molecule has 2 aromatic heterocycles. The second-order valence-electron chi connectivity index (χ2n) is 9.97. The van der Waals surface area contributed by atoms with E-state index in [4.69, 9.17) is 0 Å². The molecule has 6 nitrogen and oxygen atoms in total. The molecule has 1 amide bonds. The van der Waals surface area contributed by atoms with Crippen LogP contribution in [-0.2, 0) is 12.8 Å². The monoisotopic (exact) mass is 461 g/mol. The number of amides is 1. The van der Waals surface area contributed by atoms with Gasteiger partial charge in [0.05, 0.1) is 6.07 Å². The lowest BCUT2D eigenvalue weighted by molar-refractivity contribution is 0.0941. The molecule has 1 unspecified atom stereocenters. The summed E-state index contributed by atoms with van der Waals surface area (Å²) in [6, 6.07) is 9.36. The van der Waals surface area contributed by atoms with E-state index in [1.807, 2.05) is 10.5 Å². The number of imidazole rings is 1. The molecule has 0 spiro atoms. The predicted octanol–water partition coefficient (Wildman–Crippen LogP) is 4.84. The molecule has 0 bridgehead atoms. The number of anilines is 1. The number of aromatic nitrogens is 2. The highest BCUT2D eigenvalue weighted by Crippen LogP contribution is 2.35. The summed E-state index contributed by atoms with van der Waals surface area (Å²) in [7, 11) is 0. The molecule has 3 heterocycles. The maximum Gasteiger partial charge on any atom is 0.272 e. The van der Waals surface area contributed by atoms with E-state index in [-0.39, 0.29) is 11.5 Å². The maximum absolute atomic E-state index is 13.2. The smallest absolute Gasteiger partial charge is 0.272 e. The van der Waals surface area contributed by atoms with Crippen molar-refractivity contribution in [2.75, 3.05) is 18.0 Å². The molecule has 1 aromatic carbocycles. The molecule has 0 saturated carbocycles. The number of hydrogen-bond acceptors (Lipinski definition) is 4. The fourth-order valence-corrected chi connectivity index (χ4v) is 4.70. The Balaban J connectivity index is 1.61. The molecule has 1 aliphatic rings. The van der Waals surface area contributed by atoms with Gasteiger partial charge < -0.3 is 10.2 Å². The van der Waals surface area contributed by atoms with Gasteiger partial charge in [-0.2, -0.15) is 5.26 Å². The third-order valence-corrected chi connectivity index (χ3v) is 6.87. The van der Waals surface area contributed by atoms with Crippen LogP contribution in [0.2, 0.25) is 0 Å². The van der Waals surface area contributed by atoms with Crippen molar-refractivity contribution in [1.29, 1.82) is 5.26 Å². The van der Waals surface area contributed by atoms with E-state index >= 15 is 0 Å². The minimum atomic E-state index is -0.737. The first-order valence-corrected chi connectivity index (χ1v) is 11.9. The number of carbonyl (C=O) groups excluding carboxylic acids is 1. The molecule has 0 aliphatic carbocycles. The van der Waals surface area contributed by atoms with E-state index in [0.717, 1.165) is 49.4 Å². The predicted molar refractivity (Wildman–Crippen MR) is 132 cm³/mol. The summed E-state index contributed by atoms with van der Waals surface area (Å²) in [5.74, 6) is 0.391. The van der Waals surface area contributed by atoms with Crippen LogP contribution in [0.3, 0.4) is 0 Å². The number of fused-ring (bicyclic) bond motifs is 1. The van der Waals surface area contributed by atoms with Gasteiger partial charge in [-0.15, -0.1) is 0 Å². The molecule has 1 fully saturated rings. The molecule has 1 saturated heterocycles. The molecular formula is C27H32FN5O. The summed E-state index contributed by atoms with van der Waals surface area (Å²) in [4.78, 5) is 20.0. The molecular weight excluding hydrogens is 429 g/mol. The number of nitrogens with one attached hydrogen (secondary N) is 1. The van der Waals surface area contributed by atoms with Crippen molar-refractivity contribution < 1.29 is 9.18 Å². The zero-order valence-electron chi connectivity index (χ0n) is 20.4. The Hall–Kier alpha value is -3.40. The molecule has 0 radical (unpaired) electrons. The molecule has 1 atom stereocenters. The Bertz CT molecular complexity index is 1230. The lowest BCUT2D eigenvalue weighted by atomic mass is 9.82. The fraction of sp³-hybridized carbons (Fsp3) is 0.444. The number of halogens is 1. The number of carbonyl (C=O) groups is 1. The van der Waals surface area contributed by atoms with Crippen LogP contribution in [-0.4, -0.2) is 34.4 Å². The molecule has 1 N–H and O–H groups in total. The third kappa shape index (κ3) is 4.91. The number of nitrogens with zero attached hydrogens (tertiary/aromatic N) is 4. The second kappa shape index (κ2) is 9.46. The normalized spacial score (nSPS) is 16.3. The summed E-state index contributed by atoms with van der Waals surface area (Å²) >= 11 is 0. The number of benzene rings is 1. The first-order valence-electron chi connectivity index (χ1n) is 11.9. The molecule has 3 aromatic rings. The zero-order chi connectivity index (χ0) is 24.5. The molecule has 7 heteroatoms. The van der Waals surface area contributed by atoms with Crippen molar-refractivity contribution in [3.05, 3.63) is 64.7 Å². The highest BCUT2D eigenvalue weighted by molar-refractivity contribution is 5.93. The van der Waals surface area contributed by atoms with E-state index < -0.39 is 11.9 Å². The Kier molecular flexibility index (Phi) is 6.60. The minimum Gasteiger partial charge on any atom is -0.357 e. The van der Waals surface area contributed by atoms with Gasteiger partial charge in [0.25, 0.3) is 5.91 Å². The SMILES string of the molecule is CCc1c(C)cc2nc(C(=O)NC(C#N)Cc3ccc(F)cc3)cn2c1N1CCC(C)(C)CC1. The molecule has 4 rings (SSSR count). The Morgan fingerprint density at radius 1 is 1.26 bits per heavy atom. The Labute approximate surface area is 200 Å². The van der Waals surface area contributed by atoms with E-state index in [2.05, 4.69) is 49.0 Å². The number of rotatable bonds is 6. The average Bonchev–Trinajstić information content (AvgIpc) is 3.23. The topological polar surface area (TPSA) is 73.4 Å². The maximum atomic E-state index is 13.2. The minimum absolute atomic E-state index is 0.283. The van der Waals surface area contributed by atoms with Gasteiger partial charge in [0.1, 0.15) is 29.0 Å². The quantitative estimate of drug-likeness (QED) is 0.570. The number of hydrogen-bond donors (Lipinski definition) is 1. The average molecular weight is 462 g/mol. The lowest BCUT2D eigenvalue weighted by Crippen LogP contribution is -2.38. The zero-order valence-corrected chi connectivity index (χ0v) is 20.4. The van der Waals surface area contributed by atoms with Crippen molar-refractivity contribution in [2.45, 2.75) is 59.4 Å². The van der Waals surface area contributed by atoms with E-state index in [1.54, 1.807) is 18.3 Å². The van der Waals surface area contributed by atoms with Gasteiger partial charge in [-0.3, -0.25) is 9.20 Å². The highest BCUT2D eigenvalue weighted by Gasteiger charge is 2.28. The number of aryl methyl sites for hydroxylation is 1. The van der Waals surface area contributed by atoms with Gasteiger partial charge >= 0.3 is 0 Å². The third-order valence-electron chi connectivity index (χ3n) is 6.87. The summed E-state index contributed by atoms with van der Waals surface area (Å²) in [5.41, 5.74) is 4.56. The van der Waals surface area contributed by atoms with Crippen LogP contribution < -0.4 is 10.2 Å². The van der Waals surface area contributed by atoms with Crippen LogP contribution in [0.5, 0.6) is 0 Å². The first kappa shape index (κ1) is 23.7. The standard InChI is InChI=1S/C27H32FN5O/c1-5-22-18(2)14-24-31-23(17-33(24)26(22)32-12-10-27(3,4)11-13-32)25(34)30-21(16-29)15-19-6-8-20(28)9-7-19/h6-9,14,17,21H,5,10-13,15H2,1-4H3,(H,30,34). The summed E-state index contributed by atoms with van der Waals surface area (Å²) in [6.07, 6.45) is 5.20. The molecule has 178 valence electrons. The van der Waals surface area contributed by atoms with Crippen molar-refractivity contribution in [3.8, 4) is 6.07 Å². The highest BCUT2D eigenvalue weighted by atomic mass is 19.1. The van der Waals surface area contributed by atoms with Crippen LogP contribution in [0.15, 0.2) is 36.5 Å². The summed E-state index contributed by atoms with van der Waals surface area (Å²) in [6.45, 7) is 10.8. The van der Waals surface area contributed by atoms with Gasteiger partial charge in [0.15, 0.2) is 0 Å². The fourth-order valence-electron chi connectivity index (χ4n) is 4.70.